The van der Waals surface area contributed by atoms with E-state index in [1.807, 2.05) is 23.6 Å². The van der Waals surface area contributed by atoms with E-state index in [0.717, 1.165) is 6.07 Å². The van der Waals surface area contributed by atoms with E-state index in [0.29, 0.717) is 32.7 Å². The van der Waals surface area contributed by atoms with Gasteiger partial charge in [0, 0.05) is 45.0 Å². The second kappa shape index (κ2) is 12.4. The van der Waals surface area contributed by atoms with Crippen LogP contribution in [-0.4, -0.2) is 55.3 Å². The van der Waals surface area contributed by atoms with Crippen molar-refractivity contribution in [3.63, 3.8) is 0 Å². The van der Waals surface area contributed by atoms with Crippen LogP contribution in [0, 0.1) is 0 Å². The average Bonchev–Trinajstić information content (AvgIpc) is 2.77. The Morgan fingerprint density at radius 1 is 1.00 bits per heavy atom. The van der Waals surface area contributed by atoms with E-state index >= 15 is 0 Å². The van der Waals surface area contributed by atoms with Crippen molar-refractivity contribution in [3.8, 4) is 5.75 Å². The van der Waals surface area contributed by atoms with Gasteiger partial charge in [0.15, 0.2) is 0 Å². The number of carbonyl (C=O) groups is 1. The Balaban J connectivity index is 0.00000176. The molecule has 0 spiro atoms. The van der Waals surface area contributed by atoms with Gasteiger partial charge in [-0.1, -0.05) is 38.1 Å². The van der Waals surface area contributed by atoms with Gasteiger partial charge < -0.3 is 4.74 Å². The molecule has 1 aliphatic heterocycles. The summed E-state index contributed by atoms with van der Waals surface area (Å²) in [5.41, 5.74) is -0.672. The van der Waals surface area contributed by atoms with E-state index in [-0.39, 0.29) is 23.5 Å². The third-order valence-corrected chi connectivity index (χ3v) is 4.88. The van der Waals surface area contributed by atoms with Crippen LogP contribution in [0.4, 0.5) is 28.0 Å². The molecule has 5 nitrogen and oxygen atoms in total. The number of nitrogens with one attached hydrogen (secondary N) is 1. The van der Waals surface area contributed by atoms with Gasteiger partial charge in [-0.2, -0.15) is 13.2 Å². The third-order valence-electron chi connectivity index (χ3n) is 4.88. The van der Waals surface area contributed by atoms with Crippen LogP contribution in [0.25, 0.3) is 0 Å². The van der Waals surface area contributed by atoms with Gasteiger partial charge in [0.25, 0.3) is 0 Å². The van der Waals surface area contributed by atoms with E-state index in [2.05, 4.69) is 5.32 Å². The molecule has 0 saturated carbocycles. The molecule has 176 valence electrons. The molecule has 9 heteroatoms. The quantitative estimate of drug-likeness (QED) is 0.590. The molecular formula is C23H29F4N3O2. The average molecular weight is 455 g/mol. The van der Waals surface area contributed by atoms with E-state index in [1.54, 1.807) is 30.3 Å². The molecule has 0 unspecified atom stereocenters. The molecule has 1 N–H and O–H groups in total. The monoisotopic (exact) mass is 455 g/mol. The zero-order chi connectivity index (χ0) is 23.6. The molecule has 1 fully saturated rings. The van der Waals surface area contributed by atoms with Crippen LogP contribution in [0.1, 0.15) is 25.0 Å². The number of hydrogen-bond donors (Lipinski definition) is 1. The van der Waals surface area contributed by atoms with Crippen molar-refractivity contribution in [1.29, 1.82) is 0 Å². The lowest BCUT2D eigenvalue weighted by molar-refractivity contribution is -0.138. The van der Waals surface area contributed by atoms with Crippen molar-refractivity contribution in [3.05, 3.63) is 59.7 Å². The molecule has 0 aromatic heterocycles. The number of para-hydroxylation sites is 1. The molecule has 0 atom stereocenters. The maximum atomic E-state index is 13.6. The van der Waals surface area contributed by atoms with Crippen LogP contribution in [0.2, 0.25) is 0 Å². The molecular weight excluding hydrogens is 426 g/mol. The number of rotatable bonds is 6. The maximum Gasteiger partial charge on any atom is 0.417 e. The lowest BCUT2D eigenvalue weighted by Crippen LogP contribution is -2.46. The molecule has 2 aromatic carbocycles. The number of ether oxygens (including phenoxy) is 1. The van der Waals surface area contributed by atoms with Gasteiger partial charge in [-0.05, 0) is 29.8 Å². The number of piperazine rings is 1. The van der Waals surface area contributed by atoms with Crippen molar-refractivity contribution >= 4 is 11.8 Å². The molecule has 0 aliphatic carbocycles. The Labute approximate surface area is 186 Å². The lowest BCUT2D eigenvalue weighted by atomic mass is 10.0. The molecule has 32 heavy (non-hydrogen) atoms. The fraction of sp³-hybridized carbons (Fsp3) is 0.435. The number of nitrogens with zero attached hydrogens (tertiary/aromatic N) is 2. The summed E-state index contributed by atoms with van der Waals surface area (Å²) in [5, 5.41) is 2.34. The largest absolute Gasteiger partial charge is 0.417 e. The predicted octanol–water partition coefficient (Wildman–Crippen LogP) is 5.43. The number of alkyl halides is 4. The van der Waals surface area contributed by atoms with Crippen LogP contribution in [0.15, 0.2) is 48.5 Å². The van der Waals surface area contributed by atoms with E-state index < -0.39 is 24.5 Å². The third kappa shape index (κ3) is 7.80. The fourth-order valence-corrected chi connectivity index (χ4v) is 3.33. The van der Waals surface area contributed by atoms with Gasteiger partial charge in [0.1, 0.15) is 12.4 Å². The number of benzene rings is 2. The number of anilines is 1. The van der Waals surface area contributed by atoms with E-state index in [9.17, 15) is 22.4 Å². The first kappa shape index (κ1) is 25.6. The normalized spacial score (nSPS) is 14.9. The first-order valence-corrected chi connectivity index (χ1v) is 10.6. The predicted molar refractivity (Wildman–Crippen MR) is 117 cm³/mol. The topological polar surface area (TPSA) is 44.8 Å². The number of hydrogen-bond acceptors (Lipinski definition) is 4. The SMILES string of the molecule is CC.O=C(Nc1ccc(CN2CCN(CCF)CC2)c(C(F)(F)F)c1)Oc1ccccc1. The zero-order valence-electron chi connectivity index (χ0n) is 18.3. The Morgan fingerprint density at radius 3 is 2.22 bits per heavy atom. The van der Waals surface area contributed by atoms with Crippen molar-refractivity contribution in [2.24, 2.45) is 0 Å². The van der Waals surface area contributed by atoms with Crippen LogP contribution < -0.4 is 10.1 Å². The minimum atomic E-state index is -4.56. The van der Waals surface area contributed by atoms with E-state index in [4.69, 9.17) is 4.74 Å². The summed E-state index contributed by atoms with van der Waals surface area (Å²) in [6.45, 7) is 6.43. The Hall–Kier alpha value is -2.65. The van der Waals surface area contributed by atoms with Crippen molar-refractivity contribution in [2.45, 2.75) is 26.6 Å². The van der Waals surface area contributed by atoms with Gasteiger partial charge in [-0.3, -0.25) is 15.1 Å². The highest BCUT2D eigenvalue weighted by molar-refractivity contribution is 5.86. The van der Waals surface area contributed by atoms with E-state index in [1.165, 1.54) is 12.1 Å². The summed E-state index contributed by atoms with van der Waals surface area (Å²) in [4.78, 5) is 15.8. The molecule has 2 aromatic rings. The lowest BCUT2D eigenvalue weighted by Gasteiger charge is -2.34. The van der Waals surface area contributed by atoms with Crippen molar-refractivity contribution in [2.75, 3.05) is 44.7 Å². The second-order valence-corrected chi connectivity index (χ2v) is 7.00. The minimum absolute atomic E-state index is 0.000212. The first-order valence-electron chi connectivity index (χ1n) is 10.6. The van der Waals surface area contributed by atoms with Gasteiger partial charge >= 0.3 is 12.3 Å². The standard InChI is InChI=1S/C21H23F4N3O2.C2H6/c22-8-9-27-10-12-28(13-11-27)15-16-6-7-17(14-19(16)21(23,24)25)26-20(29)30-18-4-2-1-3-5-18;1-2/h1-7,14H,8-13,15H2,(H,26,29);1-2H3. The molecule has 0 bridgehead atoms. The Morgan fingerprint density at radius 2 is 1.62 bits per heavy atom. The summed E-state index contributed by atoms with van der Waals surface area (Å²) in [7, 11) is 0. The Kier molecular flexibility index (Phi) is 9.93. The highest BCUT2D eigenvalue weighted by Gasteiger charge is 2.34. The molecule has 1 saturated heterocycles. The highest BCUT2D eigenvalue weighted by Crippen LogP contribution is 2.34. The smallest absolute Gasteiger partial charge is 0.410 e. The van der Waals surface area contributed by atoms with Gasteiger partial charge in [-0.15, -0.1) is 0 Å². The minimum Gasteiger partial charge on any atom is -0.410 e. The summed E-state index contributed by atoms with van der Waals surface area (Å²) in [6.07, 6.45) is -5.43. The molecule has 3 rings (SSSR count). The summed E-state index contributed by atoms with van der Waals surface area (Å²) in [5.74, 6) is 0.287. The second-order valence-electron chi connectivity index (χ2n) is 7.00. The maximum absolute atomic E-state index is 13.6. The number of halogens is 4. The molecule has 1 aliphatic rings. The molecule has 1 amide bonds. The van der Waals surface area contributed by atoms with Crippen molar-refractivity contribution in [1.82, 2.24) is 9.80 Å². The van der Waals surface area contributed by atoms with Gasteiger partial charge in [-0.25, -0.2) is 9.18 Å². The summed E-state index contributed by atoms with van der Waals surface area (Å²) in [6, 6.07) is 12.0. The molecule has 0 radical (unpaired) electrons. The van der Waals surface area contributed by atoms with Crippen LogP contribution in [0.5, 0.6) is 5.75 Å². The van der Waals surface area contributed by atoms with Gasteiger partial charge in [0.05, 0.1) is 5.56 Å². The summed E-state index contributed by atoms with van der Waals surface area (Å²) >= 11 is 0. The van der Waals surface area contributed by atoms with Crippen LogP contribution in [-0.2, 0) is 12.7 Å². The van der Waals surface area contributed by atoms with Crippen molar-refractivity contribution < 1.29 is 27.1 Å². The van der Waals surface area contributed by atoms with Gasteiger partial charge in [0.2, 0.25) is 0 Å². The first-order chi connectivity index (χ1) is 15.3. The highest BCUT2D eigenvalue weighted by atomic mass is 19.4. The molecule has 1 heterocycles. The number of carbonyl (C=O) groups excluding carboxylic acids is 1. The Bertz CT molecular complexity index is 839. The fourth-order valence-electron chi connectivity index (χ4n) is 3.33. The van der Waals surface area contributed by atoms with Crippen LogP contribution in [0.3, 0.4) is 0 Å². The zero-order valence-corrected chi connectivity index (χ0v) is 18.3. The number of amides is 1. The summed E-state index contributed by atoms with van der Waals surface area (Å²) < 4.78 is 58.3. The van der Waals surface area contributed by atoms with Crippen LogP contribution >= 0.6 is 0 Å².